The van der Waals surface area contributed by atoms with E-state index in [2.05, 4.69) is 66.9 Å². The van der Waals surface area contributed by atoms with Crippen LogP contribution in [0, 0.1) is 5.41 Å². The minimum atomic E-state index is -1.60. The molecule has 0 aromatic carbocycles. The molecule has 104 valence electrons. The van der Waals surface area contributed by atoms with Gasteiger partial charge in [0.1, 0.15) is 0 Å². The van der Waals surface area contributed by atoms with E-state index in [9.17, 15) is 0 Å². The van der Waals surface area contributed by atoms with Crippen molar-refractivity contribution in [2.45, 2.75) is 66.6 Å². The van der Waals surface area contributed by atoms with Crippen LogP contribution in [0.2, 0.25) is 18.1 Å². The molecule has 0 aliphatic heterocycles. The van der Waals surface area contributed by atoms with Gasteiger partial charge in [-0.2, -0.15) is 0 Å². The van der Waals surface area contributed by atoms with Gasteiger partial charge in [0.2, 0.25) is 8.32 Å². The Bertz CT molecular complexity index is 334. The van der Waals surface area contributed by atoms with Crippen LogP contribution in [0.5, 0.6) is 0 Å². The summed E-state index contributed by atoms with van der Waals surface area (Å²) < 4.78 is 6.53. The molecule has 0 unspecified atom stereocenters. The molecular formula is C16H30OSi. The van der Waals surface area contributed by atoms with Crippen molar-refractivity contribution in [2.24, 2.45) is 5.41 Å². The van der Waals surface area contributed by atoms with Gasteiger partial charge in [-0.3, -0.25) is 0 Å². The van der Waals surface area contributed by atoms with Gasteiger partial charge in [-0.05, 0) is 51.4 Å². The number of hydrogen-bond donors (Lipinski definition) is 0. The topological polar surface area (TPSA) is 9.23 Å². The Balaban J connectivity index is 5.33. The van der Waals surface area contributed by atoms with Crippen molar-refractivity contribution < 1.29 is 4.43 Å². The number of rotatable bonds is 7. The van der Waals surface area contributed by atoms with Crippen LogP contribution in [0.3, 0.4) is 0 Å². The Morgan fingerprint density at radius 3 is 1.94 bits per heavy atom. The molecule has 0 amide bonds. The fraction of sp³-hybridized carbons (Fsp3) is 0.688. The van der Waals surface area contributed by atoms with Crippen molar-refractivity contribution in [3.8, 4) is 0 Å². The summed E-state index contributed by atoms with van der Waals surface area (Å²) in [5.74, 6) is 1.09. The van der Waals surface area contributed by atoms with E-state index in [0.29, 0.717) is 0 Å². The van der Waals surface area contributed by atoms with Gasteiger partial charge < -0.3 is 4.43 Å². The Labute approximate surface area is 115 Å². The first-order valence-corrected chi connectivity index (χ1v) is 9.59. The summed E-state index contributed by atoms with van der Waals surface area (Å²) in [6, 6.07) is 3.51. The maximum absolute atomic E-state index is 6.53. The van der Waals surface area contributed by atoms with Crippen molar-refractivity contribution in [1.82, 2.24) is 0 Å². The van der Waals surface area contributed by atoms with Crippen LogP contribution in [0.15, 0.2) is 29.7 Å². The average Bonchev–Trinajstić information content (AvgIpc) is 2.39. The molecule has 0 N–H and O–H groups in total. The first-order chi connectivity index (χ1) is 8.33. The van der Waals surface area contributed by atoms with Crippen LogP contribution in [-0.4, -0.2) is 8.32 Å². The van der Waals surface area contributed by atoms with Crippen LogP contribution < -0.4 is 0 Å². The summed E-state index contributed by atoms with van der Waals surface area (Å²) in [4.78, 5) is 0. The van der Waals surface area contributed by atoms with Gasteiger partial charge in [-0.15, -0.1) is 5.73 Å². The minimum absolute atomic E-state index is 0.103. The normalized spacial score (nSPS) is 13.2. The molecule has 0 saturated heterocycles. The van der Waals surface area contributed by atoms with Crippen LogP contribution >= 0.6 is 0 Å². The van der Waals surface area contributed by atoms with Crippen molar-refractivity contribution in [2.75, 3.05) is 0 Å². The van der Waals surface area contributed by atoms with Crippen molar-refractivity contribution in [3.63, 3.8) is 0 Å². The maximum atomic E-state index is 6.53. The van der Waals surface area contributed by atoms with Gasteiger partial charge in [-0.1, -0.05) is 33.4 Å². The molecule has 0 aliphatic rings. The van der Waals surface area contributed by atoms with Crippen LogP contribution in [0.25, 0.3) is 0 Å². The average molecular weight is 267 g/mol. The quantitative estimate of drug-likeness (QED) is 0.328. The lowest BCUT2D eigenvalue weighted by molar-refractivity contribution is 0.294. The second-order valence-electron chi connectivity index (χ2n) is 5.43. The van der Waals surface area contributed by atoms with E-state index in [1.54, 1.807) is 0 Å². The molecule has 0 fully saturated rings. The van der Waals surface area contributed by atoms with Gasteiger partial charge >= 0.3 is 0 Å². The van der Waals surface area contributed by atoms with Crippen LogP contribution in [0.1, 0.15) is 48.5 Å². The molecule has 0 heterocycles. The second kappa shape index (κ2) is 7.01. The predicted octanol–water partition coefficient (Wildman–Crippen LogP) is 5.67. The van der Waals surface area contributed by atoms with Gasteiger partial charge in [0.05, 0.1) is 5.76 Å². The van der Waals surface area contributed by atoms with Crippen molar-refractivity contribution in [1.29, 1.82) is 0 Å². The van der Waals surface area contributed by atoms with Gasteiger partial charge in [0.15, 0.2) is 0 Å². The summed E-state index contributed by atoms with van der Waals surface area (Å²) in [5.41, 5.74) is 4.06. The van der Waals surface area contributed by atoms with Crippen molar-refractivity contribution in [3.05, 3.63) is 29.7 Å². The third-order valence-corrected chi connectivity index (χ3v) is 8.86. The number of hydrogen-bond acceptors (Lipinski definition) is 1. The zero-order valence-corrected chi connectivity index (χ0v) is 14.3. The van der Waals surface area contributed by atoms with E-state index in [-0.39, 0.29) is 5.41 Å². The summed E-state index contributed by atoms with van der Waals surface area (Å²) in [7, 11) is -1.60. The SMILES string of the molecule is C=C=C(C)C(C)(C)/C(=C/C)O[Si](CC)(CC)CC. The standard InChI is InChI=1S/C16H30OSi/c1-9-14(6)16(7,8)15(10-2)17-18(11-3,12-4)13-5/h10H,1,11-13H2,2-8H3/b15-10-. The molecule has 0 bridgehead atoms. The zero-order chi connectivity index (χ0) is 14.4. The van der Waals surface area contributed by atoms with Crippen molar-refractivity contribution >= 4 is 8.32 Å². The summed E-state index contributed by atoms with van der Waals surface area (Å²) >= 11 is 0. The summed E-state index contributed by atoms with van der Waals surface area (Å²) in [6.07, 6.45) is 2.11. The fourth-order valence-electron chi connectivity index (χ4n) is 2.15. The molecule has 0 spiro atoms. The zero-order valence-electron chi connectivity index (χ0n) is 13.3. The number of allylic oxidation sites excluding steroid dienone is 2. The highest BCUT2D eigenvalue weighted by Gasteiger charge is 2.36. The molecule has 2 heteroatoms. The summed E-state index contributed by atoms with van der Waals surface area (Å²) in [6.45, 7) is 19.1. The molecule has 0 aliphatic carbocycles. The Kier molecular flexibility index (Phi) is 6.73. The monoisotopic (exact) mass is 266 g/mol. The lowest BCUT2D eigenvalue weighted by Gasteiger charge is -2.37. The van der Waals surface area contributed by atoms with E-state index in [0.717, 1.165) is 11.3 Å². The second-order valence-corrected chi connectivity index (χ2v) is 10.1. The Morgan fingerprint density at radius 1 is 1.22 bits per heavy atom. The molecule has 18 heavy (non-hydrogen) atoms. The van der Waals surface area contributed by atoms with Gasteiger partial charge in [-0.25, -0.2) is 0 Å². The van der Waals surface area contributed by atoms with E-state index in [1.807, 2.05) is 0 Å². The van der Waals surface area contributed by atoms with Crippen LogP contribution in [0.4, 0.5) is 0 Å². The highest BCUT2D eigenvalue weighted by Crippen LogP contribution is 2.38. The summed E-state index contributed by atoms with van der Waals surface area (Å²) in [5, 5.41) is 0. The highest BCUT2D eigenvalue weighted by atomic mass is 28.4. The molecule has 0 rings (SSSR count). The largest absolute Gasteiger partial charge is 0.546 e. The van der Waals surface area contributed by atoms with E-state index in [4.69, 9.17) is 4.43 Å². The Hall–Kier alpha value is -0.723. The molecule has 0 aromatic heterocycles. The van der Waals surface area contributed by atoms with E-state index >= 15 is 0 Å². The molecule has 0 radical (unpaired) electrons. The predicted molar refractivity (Wildman–Crippen MR) is 84.1 cm³/mol. The lowest BCUT2D eigenvalue weighted by atomic mass is 9.83. The molecule has 1 nitrogen and oxygen atoms in total. The van der Waals surface area contributed by atoms with Crippen LogP contribution in [-0.2, 0) is 4.43 Å². The minimum Gasteiger partial charge on any atom is -0.546 e. The van der Waals surface area contributed by atoms with E-state index < -0.39 is 8.32 Å². The van der Waals surface area contributed by atoms with E-state index in [1.165, 1.54) is 18.1 Å². The molecule has 0 atom stereocenters. The smallest absolute Gasteiger partial charge is 0.250 e. The first kappa shape index (κ1) is 17.3. The lowest BCUT2D eigenvalue weighted by Crippen LogP contribution is -2.38. The fourth-order valence-corrected chi connectivity index (χ4v) is 4.93. The van der Waals surface area contributed by atoms with Gasteiger partial charge in [0, 0.05) is 5.41 Å². The molecule has 0 aromatic rings. The molecule has 0 saturated carbocycles. The highest BCUT2D eigenvalue weighted by molar-refractivity contribution is 6.73. The Morgan fingerprint density at radius 2 is 1.67 bits per heavy atom. The molecular weight excluding hydrogens is 236 g/mol. The van der Waals surface area contributed by atoms with Gasteiger partial charge in [0.25, 0.3) is 0 Å². The first-order valence-electron chi connectivity index (χ1n) is 7.06. The third-order valence-electron chi connectivity index (χ3n) is 4.34. The third kappa shape index (κ3) is 3.63. The maximum Gasteiger partial charge on any atom is 0.250 e.